The van der Waals surface area contributed by atoms with E-state index >= 15 is 0 Å². The molecular formula is C14H32N2O2. The summed E-state index contributed by atoms with van der Waals surface area (Å²) in [5.74, 6) is 0. The SMILES string of the molecule is CCCN(CCC)CCN(CC(C)O)CC(C)O. The normalized spacial score (nSPS) is 15.3. The van der Waals surface area contributed by atoms with E-state index < -0.39 is 0 Å². The molecule has 2 N–H and O–H groups in total. The van der Waals surface area contributed by atoms with Crippen LogP contribution in [0.1, 0.15) is 40.5 Å². The van der Waals surface area contributed by atoms with Crippen LogP contribution in [0.3, 0.4) is 0 Å². The van der Waals surface area contributed by atoms with Crippen LogP contribution < -0.4 is 0 Å². The first-order chi connectivity index (χ1) is 8.49. The molecule has 0 aromatic heterocycles. The van der Waals surface area contributed by atoms with Gasteiger partial charge in [0, 0.05) is 26.2 Å². The van der Waals surface area contributed by atoms with Crippen LogP contribution in [0, 0.1) is 0 Å². The summed E-state index contributed by atoms with van der Waals surface area (Å²) < 4.78 is 0. The van der Waals surface area contributed by atoms with Gasteiger partial charge in [0.1, 0.15) is 0 Å². The fourth-order valence-electron chi connectivity index (χ4n) is 2.26. The quantitative estimate of drug-likeness (QED) is 0.585. The van der Waals surface area contributed by atoms with E-state index in [0.717, 1.165) is 26.2 Å². The Morgan fingerprint density at radius 1 is 0.722 bits per heavy atom. The molecule has 4 nitrogen and oxygen atoms in total. The van der Waals surface area contributed by atoms with Crippen LogP contribution in [0.25, 0.3) is 0 Å². The molecule has 4 heteroatoms. The van der Waals surface area contributed by atoms with E-state index in [1.807, 2.05) is 0 Å². The van der Waals surface area contributed by atoms with Crippen molar-refractivity contribution in [1.82, 2.24) is 9.80 Å². The molecule has 110 valence electrons. The molecule has 0 fully saturated rings. The second-order valence-electron chi connectivity index (χ2n) is 5.30. The number of hydrogen-bond acceptors (Lipinski definition) is 4. The zero-order valence-electron chi connectivity index (χ0n) is 12.6. The molecule has 0 heterocycles. The molecule has 0 radical (unpaired) electrons. The number of nitrogens with zero attached hydrogens (tertiary/aromatic N) is 2. The number of aliphatic hydroxyl groups excluding tert-OH is 2. The van der Waals surface area contributed by atoms with E-state index in [2.05, 4.69) is 23.6 Å². The molecule has 0 aliphatic rings. The minimum absolute atomic E-state index is 0.338. The van der Waals surface area contributed by atoms with Crippen molar-refractivity contribution in [3.8, 4) is 0 Å². The van der Waals surface area contributed by atoms with Gasteiger partial charge < -0.3 is 15.1 Å². The van der Waals surface area contributed by atoms with Crippen molar-refractivity contribution in [2.75, 3.05) is 39.3 Å². The van der Waals surface area contributed by atoms with Crippen molar-refractivity contribution in [3.05, 3.63) is 0 Å². The second kappa shape index (κ2) is 10.7. The Balaban J connectivity index is 4.11. The van der Waals surface area contributed by atoms with E-state index in [9.17, 15) is 10.2 Å². The Morgan fingerprint density at radius 2 is 1.11 bits per heavy atom. The molecule has 0 saturated carbocycles. The highest BCUT2D eigenvalue weighted by molar-refractivity contribution is 4.67. The maximum absolute atomic E-state index is 9.47. The first kappa shape index (κ1) is 17.8. The lowest BCUT2D eigenvalue weighted by Crippen LogP contribution is -2.41. The summed E-state index contributed by atoms with van der Waals surface area (Å²) in [5, 5.41) is 18.9. The van der Waals surface area contributed by atoms with E-state index in [-0.39, 0.29) is 12.2 Å². The maximum atomic E-state index is 9.47. The minimum Gasteiger partial charge on any atom is -0.392 e. The smallest absolute Gasteiger partial charge is 0.0639 e. The predicted molar refractivity (Wildman–Crippen MR) is 76.8 cm³/mol. The molecule has 2 atom stereocenters. The van der Waals surface area contributed by atoms with Gasteiger partial charge in [0.15, 0.2) is 0 Å². The van der Waals surface area contributed by atoms with Crippen LogP contribution in [-0.2, 0) is 0 Å². The third-order valence-electron chi connectivity index (χ3n) is 2.86. The van der Waals surface area contributed by atoms with E-state index in [1.54, 1.807) is 13.8 Å². The number of hydrogen-bond donors (Lipinski definition) is 2. The summed E-state index contributed by atoms with van der Waals surface area (Å²) in [6, 6.07) is 0. The van der Waals surface area contributed by atoms with Crippen molar-refractivity contribution >= 4 is 0 Å². The van der Waals surface area contributed by atoms with Gasteiger partial charge in [-0.1, -0.05) is 13.8 Å². The van der Waals surface area contributed by atoms with Crippen LogP contribution in [0.2, 0.25) is 0 Å². The fourth-order valence-corrected chi connectivity index (χ4v) is 2.26. The average Bonchev–Trinajstić information content (AvgIpc) is 2.24. The van der Waals surface area contributed by atoms with E-state index in [0.29, 0.717) is 13.1 Å². The fraction of sp³-hybridized carbons (Fsp3) is 1.00. The average molecular weight is 260 g/mol. The van der Waals surface area contributed by atoms with Gasteiger partial charge in [0.05, 0.1) is 12.2 Å². The van der Waals surface area contributed by atoms with Crippen LogP contribution >= 0.6 is 0 Å². The van der Waals surface area contributed by atoms with Gasteiger partial charge in [-0.25, -0.2) is 0 Å². The van der Waals surface area contributed by atoms with Gasteiger partial charge >= 0.3 is 0 Å². The van der Waals surface area contributed by atoms with Gasteiger partial charge in [0.2, 0.25) is 0 Å². The standard InChI is InChI=1S/C14H32N2O2/c1-5-7-15(8-6-2)9-10-16(11-13(3)17)12-14(4)18/h13-14,17-18H,5-12H2,1-4H3. The number of rotatable bonds is 11. The van der Waals surface area contributed by atoms with Crippen LogP contribution in [-0.4, -0.2) is 71.5 Å². The van der Waals surface area contributed by atoms with E-state index in [1.165, 1.54) is 12.8 Å². The molecule has 2 unspecified atom stereocenters. The summed E-state index contributed by atoms with van der Waals surface area (Å²) in [6.07, 6.45) is 1.67. The molecule has 0 saturated heterocycles. The monoisotopic (exact) mass is 260 g/mol. The first-order valence-electron chi connectivity index (χ1n) is 7.30. The second-order valence-corrected chi connectivity index (χ2v) is 5.30. The topological polar surface area (TPSA) is 46.9 Å². The molecule has 0 bridgehead atoms. The lowest BCUT2D eigenvalue weighted by molar-refractivity contribution is 0.0761. The highest BCUT2D eigenvalue weighted by Gasteiger charge is 2.12. The highest BCUT2D eigenvalue weighted by Crippen LogP contribution is 1.99. The summed E-state index contributed by atoms with van der Waals surface area (Å²) >= 11 is 0. The Hall–Kier alpha value is -0.160. The summed E-state index contributed by atoms with van der Waals surface area (Å²) in [5.41, 5.74) is 0. The molecule has 18 heavy (non-hydrogen) atoms. The molecule has 0 aliphatic heterocycles. The Bertz CT molecular complexity index is 171. The highest BCUT2D eigenvalue weighted by atomic mass is 16.3. The lowest BCUT2D eigenvalue weighted by Gasteiger charge is -2.28. The molecule has 0 spiro atoms. The first-order valence-corrected chi connectivity index (χ1v) is 7.30. The zero-order valence-corrected chi connectivity index (χ0v) is 12.6. The third-order valence-corrected chi connectivity index (χ3v) is 2.86. The van der Waals surface area contributed by atoms with Crippen molar-refractivity contribution in [3.63, 3.8) is 0 Å². The van der Waals surface area contributed by atoms with Gasteiger partial charge in [-0.05, 0) is 39.8 Å². The molecule has 0 amide bonds. The summed E-state index contributed by atoms with van der Waals surface area (Å²) in [4.78, 5) is 4.60. The molecular weight excluding hydrogens is 228 g/mol. The predicted octanol–water partition coefficient (Wildman–Crippen LogP) is 1.17. The van der Waals surface area contributed by atoms with Crippen molar-refractivity contribution < 1.29 is 10.2 Å². The van der Waals surface area contributed by atoms with Gasteiger partial charge in [-0.15, -0.1) is 0 Å². The van der Waals surface area contributed by atoms with Crippen LogP contribution in [0.5, 0.6) is 0 Å². The lowest BCUT2D eigenvalue weighted by atomic mass is 10.3. The van der Waals surface area contributed by atoms with Gasteiger partial charge in [-0.2, -0.15) is 0 Å². The Labute approximate surface area is 113 Å². The molecule has 0 aromatic carbocycles. The summed E-state index contributed by atoms with van der Waals surface area (Å²) in [7, 11) is 0. The van der Waals surface area contributed by atoms with Crippen molar-refractivity contribution in [2.45, 2.75) is 52.7 Å². The van der Waals surface area contributed by atoms with Crippen molar-refractivity contribution in [1.29, 1.82) is 0 Å². The molecule has 0 aliphatic carbocycles. The van der Waals surface area contributed by atoms with Gasteiger partial charge in [0.25, 0.3) is 0 Å². The van der Waals surface area contributed by atoms with Crippen LogP contribution in [0.4, 0.5) is 0 Å². The van der Waals surface area contributed by atoms with Gasteiger partial charge in [-0.3, -0.25) is 4.90 Å². The largest absolute Gasteiger partial charge is 0.392 e. The Morgan fingerprint density at radius 3 is 1.44 bits per heavy atom. The number of aliphatic hydroxyl groups is 2. The maximum Gasteiger partial charge on any atom is 0.0639 e. The zero-order chi connectivity index (χ0) is 14.0. The van der Waals surface area contributed by atoms with Crippen LogP contribution in [0.15, 0.2) is 0 Å². The Kier molecular flexibility index (Phi) is 10.6. The van der Waals surface area contributed by atoms with E-state index in [4.69, 9.17) is 0 Å². The third kappa shape index (κ3) is 9.83. The minimum atomic E-state index is -0.338. The van der Waals surface area contributed by atoms with Crippen molar-refractivity contribution in [2.24, 2.45) is 0 Å². The molecule has 0 rings (SSSR count). The summed E-state index contributed by atoms with van der Waals surface area (Å²) in [6.45, 7) is 13.5. The molecule has 0 aromatic rings.